The fraction of sp³-hybridized carbons (Fsp3) is 0.500. The Balaban J connectivity index is 1.98. The van der Waals surface area contributed by atoms with E-state index in [1.165, 1.54) is 12.1 Å². The molecule has 0 bridgehead atoms. The largest absolute Gasteiger partial charge is 0.353 e. The number of nitrogens with one attached hydrogen (secondary N) is 1. The molecule has 1 saturated carbocycles. The van der Waals surface area contributed by atoms with Crippen molar-refractivity contribution >= 4 is 27.5 Å². The molecule has 0 heterocycles. The summed E-state index contributed by atoms with van der Waals surface area (Å²) in [5.74, 6) is 0.282. The smallest absolute Gasteiger partial charge is 0.270 e. The number of carbonyl (C=O) groups is 1. The number of hydrogen-bond acceptors (Lipinski definition) is 4. The van der Waals surface area contributed by atoms with Gasteiger partial charge in [0.2, 0.25) is 5.91 Å². The van der Waals surface area contributed by atoms with Crippen LogP contribution in [-0.4, -0.2) is 23.4 Å². The lowest BCUT2D eigenvalue weighted by Gasteiger charge is -2.19. The Morgan fingerprint density at radius 3 is 2.86 bits per heavy atom. The molecule has 0 saturated heterocycles. The summed E-state index contributed by atoms with van der Waals surface area (Å²) in [6, 6.07) is 4.59. The average molecular weight is 356 g/mol. The molecule has 1 aliphatic rings. The van der Waals surface area contributed by atoms with Crippen molar-refractivity contribution in [2.24, 2.45) is 11.7 Å². The molecular weight excluding hydrogens is 338 g/mol. The summed E-state index contributed by atoms with van der Waals surface area (Å²) in [6.45, 7) is 0.589. The third-order valence-corrected chi connectivity index (χ3v) is 4.64. The van der Waals surface area contributed by atoms with Crippen molar-refractivity contribution in [3.8, 4) is 0 Å². The highest BCUT2D eigenvalue weighted by Gasteiger charge is 2.27. The summed E-state index contributed by atoms with van der Waals surface area (Å²) in [4.78, 5) is 22.3. The molecule has 6 nitrogen and oxygen atoms in total. The fourth-order valence-corrected chi connectivity index (χ4v) is 3.24. The van der Waals surface area contributed by atoms with Crippen molar-refractivity contribution in [3.05, 3.63) is 38.3 Å². The maximum Gasteiger partial charge on any atom is 0.270 e. The van der Waals surface area contributed by atoms with E-state index >= 15 is 0 Å². The number of nitro benzene ring substituents is 1. The van der Waals surface area contributed by atoms with Gasteiger partial charge in [0.15, 0.2) is 0 Å². The number of nitrogens with two attached hydrogens (primary N) is 1. The monoisotopic (exact) mass is 355 g/mol. The van der Waals surface area contributed by atoms with Gasteiger partial charge < -0.3 is 11.1 Å². The van der Waals surface area contributed by atoms with Crippen molar-refractivity contribution in [1.82, 2.24) is 5.32 Å². The van der Waals surface area contributed by atoms with E-state index in [1.54, 1.807) is 6.07 Å². The van der Waals surface area contributed by atoms with E-state index in [-0.39, 0.29) is 24.1 Å². The maximum atomic E-state index is 12.1. The van der Waals surface area contributed by atoms with E-state index < -0.39 is 4.92 Å². The van der Waals surface area contributed by atoms with Gasteiger partial charge >= 0.3 is 0 Å². The number of halogens is 1. The first-order valence-corrected chi connectivity index (χ1v) is 7.73. The van der Waals surface area contributed by atoms with Gasteiger partial charge in [0.1, 0.15) is 0 Å². The van der Waals surface area contributed by atoms with Crippen LogP contribution in [0.3, 0.4) is 0 Å². The minimum atomic E-state index is -0.459. The highest BCUT2D eigenvalue weighted by atomic mass is 79.9. The van der Waals surface area contributed by atoms with Crippen LogP contribution in [0.4, 0.5) is 5.69 Å². The third kappa shape index (κ3) is 4.01. The van der Waals surface area contributed by atoms with Crippen molar-refractivity contribution < 1.29 is 9.72 Å². The summed E-state index contributed by atoms with van der Waals surface area (Å²) >= 11 is 3.28. The van der Waals surface area contributed by atoms with Gasteiger partial charge in [0, 0.05) is 22.6 Å². The molecular formula is C14H18BrN3O3. The van der Waals surface area contributed by atoms with E-state index in [1.807, 2.05) is 0 Å². The molecule has 7 heteroatoms. The van der Waals surface area contributed by atoms with Crippen LogP contribution in [-0.2, 0) is 11.2 Å². The van der Waals surface area contributed by atoms with Gasteiger partial charge in [-0.3, -0.25) is 14.9 Å². The molecule has 114 valence electrons. The Morgan fingerprint density at radius 1 is 1.48 bits per heavy atom. The SMILES string of the molecule is NCC1CCCC1NC(=O)Cc1ccc([N+](=O)[O-])cc1Br. The molecule has 1 aromatic rings. The maximum absolute atomic E-state index is 12.1. The highest BCUT2D eigenvalue weighted by Crippen LogP contribution is 2.26. The molecule has 3 N–H and O–H groups in total. The van der Waals surface area contributed by atoms with Gasteiger partial charge in [0.05, 0.1) is 11.3 Å². The van der Waals surface area contributed by atoms with Crippen LogP contribution in [0.25, 0.3) is 0 Å². The highest BCUT2D eigenvalue weighted by molar-refractivity contribution is 9.10. The number of nitrogens with zero attached hydrogens (tertiary/aromatic N) is 1. The molecule has 0 aliphatic heterocycles. The predicted octanol–water partition coefficient (Wildman–Crippen LogP) is 2.14. The van der Waals surface area contributed by atoms with Crippen LogP contribution >= 0.6 is 15.9 Å². The zero-order valence-corrected chi connectivity index (χ0v) is 13.1. The second-order valence-corrected chi connectivity index (χ2v) is 6.16. The standard InChI is InChI=1S/C14H18BrN3O3/c15-12-7-11(18(20)21)5-4-9(12)6-14(19)17-13-3-1-2-10(13)8-16/h4-5,7,10,13H,1-3,6,8,16H2,(H,17,19). The Bertz CT molecular complexity index is 550. The molecule has 0 aromatic heterocycles. The summed E-state index contributed by atoms with van der Waals surface area (Å²) in [5, 5.41) is 13.7. The first-order valence-electron chi connectivity index (χ1n) is 6.93. The second kappa shape index (κ2) is 7.00. The first-order chi connectivity index (χ1) is 10.0. The lowest BCUT2D eigenvalue weighted by molar-refractivity contribution is -0.384. The number of rotatable bonds is 5. The van der Waals surface area contributed by atoms with Crippen LogP contribution in [0.15, 0.2) is 22.7 Å². The van der Waals surface area contributed by atoms with E-state index in [9.17, 15) is 14.9 Å². The topological polar surface area (TPSA) is 98.3 Å². The Hall–Kier alpha value is -1.47. The second-order valence-electron chi connectivity index (χ2n) is 5.31. The van der Waals surface area contributed by atoms with Gasteiger partial charge in [0.25, 0.3) is 5.69 Å². The third-order valence-electron chi connectivity index (χ3n) is 3.91. The molecule has 21 heavy (non-hydrogen) atoms. The van der Waals surface area contributed by atoms with Crippen molar-refractivity contribution in [1.29, 1.82) is 0 Å². The lowest BCUT2D eigenvalue weighted by Crippen LogP contribution is -2.40. The van der Waals surface area contributed by atoms with Crippen molar-refractivity contribution in [2.75, 3.05) is 6.54 Å². The van der Waals surface area contributed by atoms with E-state index in [0.29, 0.717) is 16.9 Å². The van der Waals surface area contributed by atoms with Crippen molar-refractivity contribution in [3.63, 3.8) is 0 Å². The number of nitro groups is 1. The number of benzene rings is 1. The molecule has 1 amide bonds. The van der Waals surface area contributed by atoms with E-state index in [0.717, 1.165) is 24.8 Å². The van der Waals surface area contributed by atoms with Crippen LogP contribution in [0.1, 0.15) is 24.8 Å². The van der Waals surface area contributed by atoms with Crippen LogP contribution in [0.5, 0.6) is 0 Å². The number of hydrogen-bond donors (Lipinski definition) is 2. The lowest BCUT2D eigenvalue weighted by atomic mass is 10.0. The van der Waals surface area contributed by atoms with Gasteiger partial charge in [-0.15, -0.1) is 0 Å². The molecule has 2 atom stereocenters. The van der Waals surface area contributed by atoms with Gasteiger partial charge in [-0.2, -0.15) is 0 Å². The minimum Gasteiger partial charge on any atom is -0.353 e. The van der Waals surface area contributed by atoms with Crippen LogP contribution < -0.4 is 11.1 Å². The molecule has 2 rings (SSSR count). The Morgan fingerprint density at radius 2 is 2.24 bits per heavy atom. The molecule has 1 aliphatic carbocycles. The van der Waals surface area contributed by atoms with Crippen LogP contribution in [0, 0.1) is 16.0 Å². The Labute approximate surface area is 131 Å². The quantitative estimate of drug-likeness (QED) is 0.624. The summed E-state index contributed by atoms with van der Waals surface area (Å²) in [6.07, 6.45) is 3.32. The molecule has 0 radical (unpaired) electrons. The minimum absolute atomic E-state index is 0.00465. The Kier molecular flexibility index (Phi) is 5.30. The van der Waals surface area contributed by atoms with Gasteiger partial charge in [-0.25, -0.2) is 0 Å². The summed E-state index contributed by atoms with van der Waals surface area (Å²) < 4.78 is 0.577. The predicted molar refractivity (Wildman–Crippen MR) is 82.8 cm³/mol. The van der Waals surface area contributed by atoms with Crippen LogP contribution in [0.2, 0.25) is 0 Å². The fourth-order valence-electron chi connectivity index (χ4n) is 2.73. The molecule has 2 unspecified atom stereocenters. The molecule has 1 aromatic carbocycles. The normalized spacial score (nSPS) is 21.2. The molecule has 1 fully saturated rings. The van der Waals surface area contributed by atoms with Gasteiger partial charge in [-0.1, -0.05) is 28.4 Å². The zero-order valence-electron chi connectivity index (χ0n) is 11.5. The summed E-state index contributed by atoms with van der Waals surface area (Å²) in [5.41, 5.74) is 6.44. The molecule has 0 spiro atoms. The van der Waals surface area contributed by atoms with E-state index in [4.69, 9.17) is 5.73 Å². The zero-order chi connectivity index (χ0) is 15.4. The van der Waals surface area contributed by atoms with Crippen molar-refractivity contribution in [2.45, 2.75) is 31.7 Å². The summed E-state index contributed by atoms with van der Waals surface area (Å²) in [7, 11) is 0. The first kappa shape index (κ1) is 15.9. The van der Waals surface area contributed by atoms with E-state index in [2.05, 4.69) is 21.2 Å². The average Bonchev–Trinajstić information content (AvgIpc) is 2.87. The number of non-ortho nitro benzene ring substituents is 1. The number of carbonyl (C=O) groups excluding carboxylic acids is 1. The number of amides is 1. The van der Waals surface area contributed by atoms with Gasteiger partial charge in [-0.05, 0) is 30.9 Å².